The highest BCUT2D eigenvalue weighted by Crippen LogP contribution is 2.31. The van der Waals surface area contributed by atoms with Crippen LogP contribution in [0.15, 0.2) is 47.5 Å². The molecule has 2 aromatic rings. The third kappa shape index (κ3) is 5.47. The van der Waals surface area contributed by atoms with Gasteiger partial charge in [-0.05, 0) is 42.9 Å². The van der Waals surface area contributed by atoms with Gasteiger partial charge in [0.25, 0.3) is 5.91 Å². The number of carbonyl (C=O) groups is 2. The number of anilines is 1. The predicted molar refractivity (Wildman–Crippen MR) is 107 cm³/mol. The van der Waals surface area contributed by atoms with E-state index in [0.29, 0.717) is 11.9 Å². The van der Waals surface area contributed by atoms with Crippen molar-refractivity contribution in [2.45, 2.75) is 36.6 Å². The van der Waals surface area contributed by atoms with Crippen molar-refractivity contribution in [1.29, 1.82) is 0 Å². The molecule has 27 heavy (non-hydrogen) atoms. The molecule has 0 atom stereocenters. The largest absolute Gasteiger partial charge is 0.452 e. The molecule has 1 fully saturated rings. The van der Waals surface area contributed by atoms with Crippen LogP contribution in [0.1, 0.15) is 37.3 Å². The van der Waals surface area contributed by atoms with Gasteiger partial charge in [-0.3, -0.25) is 4.79 Å². The van der Waals surface area contributed by atoms with Gasteiger partial charge in [0.2, 0.25) is 0 Å². The van der Waals surface area contributed by atoms with Gasteiger partial charge in [-0.2, -0.15) is 5.10 Å². The lowest BCUT2D eigenvalue weighted by Gasteiger charge is -2.14. The van der Waals surface area contributed by atoms with E-state index in [4.69, 9.17) is 4.74 Å². The number of hydrogen-bond donors (Lipinski definition) is 1. The minimum absolute atomic E-state index is 0.329. The van der Waals surface area contributed by atoms with Crippen LogP contribution in [-0.2, 0) is 14.3 Å². The second-order valence-electron chi connectivity index (χ2n) is 6.36. The van der Waals surface area contributed by atoms with Crippen LogP contribution in [0.2, 0.25) is 0 Å². The van der Waals surface area contributed by atoms with Crippen LogP contribution in [0.3, 0.4) is 0 Å². The summed E-state index contributed by atoms with van der Waals surface area (Å²) in [7, 11) is 0. The molecule has 142 valence electrons. The maximum Gasteiger partial charge on any atom is 0.331 e. The van der Waals surface area contributed by atoms with Gasteiger partial charge in [-0.15, -0.1) is 11.8 Å². The first-order valence-electron chi connectivity index (χ1n) is 8.98. The van der Waals surface area contributed by atoms with Gasteiger partial charge in [-0.25, -0.2) is 9.48 Å². The Balaban J connectivity index is 1.46. The number of hydrogen-bond acceptors (Lipinski definition) is 5. The highest BCUT2D eigenvalue weighted by Gasteiger charge is 2.20. The van der Waals surface area contributed by atoms with E-state index in [1.54, 1.807) is 30.1 Å². The number of rotatable bonds is 7. The summed E-state index contributed by atoms with van der Waals surface area (Å²) in [5, 5.41) is 7.07. The monoisotopic (exact) mass is 385 g/mol. The number of ether oxygens (including phenoxy) is 1. The molecule has 0 unspecified atom stereocenters. The molecule has 1 saturated carbocycles. The minimum atomic E-state index is -0.552. The summed E-state index contributed by atoms with van der Waals surface area (Å²) >= 11 is 1.66. The van der Waals surface area contributed by atoms with E-state index >= 15 is 0 Å². The van der Waals surface area contributed by atoms with E-state index in [1.165, 1.54) is 18.9 Å². The Morgan fingerprint density at radius 3 is 2.70 bits per heavy atom. The molecular weight excluding hydrogens is 362 g/mol. The topological polar surface area (TPSA) is 73.2 Å². The fraction of sp³-hybridized carbons (Fsp3) is 0.350. The van der Waals surface area contributed by atoms with Crippen LogP contribution in [-0.4, -0.2) is 34.5 Å². The molecule has 7 heteroatoms. The summed E-state index contributed by atoms with van der Waals surface area (Å²) in [4.78, 5) is 25.0. The van der Waals surface area contributed by atoms with Gasteiger partial charge in [0.15, 0.2) is 6.61 Å². The summed E-state index contributed by atoms with van der Waals surface area (Å²) < 4.78 is 6.87. The highest BCUT2D eigenvalue weighted by atomic mass is 32.2. The van der Waals surface area contributed by atoms with Crippen molar-refractivity contribution < 1.29 is 14.3 Å². The molecule has 1 heterocycles. The van der Waals surface area contributed by atoms with Crippen LogP contribution in [0, 0.1) is 0 Å². The fourth-order valence-electron chi connectivity index (χ4n) is 3.10. The summed E-state index contributed by atoms with van der Waals surface area (Å²) in [5.41, 5.74) is 0.898. The first-order valence-corrected chi connectivity index (χ1v) is 10.2. The first kappa shape index (κ1) is 19.2. The lowest BCUT2D eigenvalue weighted by molar-refractivity contribution is -0.142. The zero-order valence-corrected chi connectivity index (χ0v) is 16.1. The maximum absolute atomic E-state index is 12.1. The molecule has 0 bridgehead atoms. The lowest BCUT2D eigenvalue weighted by Crippen LogP contribution is -2.22. The van der Waals surface area contributed by atoms with E-state index in [1.807, 2.05) is 35.2 Å². The predicted octanol–water partition coefficient (Wildman–Crippen LogP) is 3.92. The zero-order valence-electron chi connectivity index (χ0n) is 15.3. The van der Waals surface area contributed by atoms with Gasteiger partial charge < -0.3 is 10.1 Å². The number of carbonyl (C=O) groups excluding carboxylic acids is 2. The molecule has 0 saturated heterocycles. The van der Waals surface area contributed by atoms with Crippen molar-refractivity contribution in [2.75, 3.05) is 18.2 Å². The molecule has 1 aromatic heterocycles. The molecular formula is C20H23N3O3S. The van der Waals surface area contributed by atoms with Gasteiger partial charge in [0, 0.05) is 17.0 Å². The summed E-state index contributed by atoms with van der Waals surface area (Å²) in [6, 6.07) is 9.90. The van der Waals surface area contributed by atoms with Crippen molar-refractivity contribution in [3.8, 4) is 0 Å². The molecule has 1 aliphatic rings. The van der Waals surface area contributed by atoms with Crippen LogP contribution < -0.4 is 5.32 Å². The van der Waals surface area contributed by atoms with Crippen LogP contribution in [0.5, 0.6) is 0 Å². The quantitative estimate of drug-likeness (QED) is 0.444. The van der Waals surface area contributed by atoms with E-state index in [-0.39, 0.29) is 12.5 Å². The average Bonchev–Trinajstić information content (AvgIpc) is 3.36. The maximum atomic E-state index is 12.1. The highest BCUT2D eigenvalue weighted by molar-refractivity contribution is 7.98. The minimum Gasteiger partial charge on any atom is -0.452 e. The van der Waals surface area contributed by atoms with Gasteiger partial charge >= 0.3 is 5.97 Å². The van der Waals surface area contributed by atoms with Crippen LogP contribution in [0.4, 0.5) is 5.82 Å². The lowest BCUT2D eigenvalue weighted by atomic mass is 10.2. The van der Waals surface area contributed by atoms with Gasteiger partial charge in [0.1, 0.15) is 5.82 Å². The van der Waals surface area contributed by atoms with Crippen LogP contribution in [0.25, 0.3) is 6.08 Å². The third-order valence-electron chi connectivity index (χ3n) is 4.48. The number of nitrogens with one attached hydrogen (secondary N) is 1. The van der Waals surface area contributed by atoms with E-state index in [2.05, 4.69) is 10.4 Å². The van der Waals surface area contributed by atoms with Gasteiger partial charge in [-0.1, -0.05) is 25.0 Å². The van der Waals surface area contributed by atoms with Crippen molar-refractivity contribution in [2.24, 2.45) is 0 Å². The summed E-state index contributed by atoms with van der Waals surface area (Å²) in [6.45, 7) is -0.329. The fourth-order valence-corrected chi connectivity index (χ4v) is 3.50. The molecule has 0 radical (unpaired) electrons. The molecule has 1 amide bonds. The number of thioether (sulfide) groups is 1. The van der Waals surface area contributed by atoms with Crippen molar-refractivity contribution in [3.63, 3.8) is 0 Å². The van der Waals surface area contributed by atoms with Crippen molar-refractivity contribution in [3.05, 3.63) is 48.2 Å². The molecule has 1 aromatic carbocycles. The second-order valence-corrected chi connectivity index (χ2v) is 7.24. The molecule has 0 aliphatic heterocycles. The number of esters is 1. The first-order chi connectivity index (χ1) is 13.2. The average molecular weight is 385 g/mol. The third-order valence-corrected chi connectivity index (χ3v) is 5.23. The van der Waals surface area contributed by atoms with E-state index in [9.17, 15) is 9.59 Å². The molecule has 1 N–H and O–H groups in total. The molecule has 1 aliphatic carbocycles. The normalized spacial score (nSPS) is 14.6. The Morgan fingerprint density at radius 2 is 2.00 bits per heavy atom. The van der Waals surface area contributed by atoms with Crippen LogP contribution >= 0.6 is 11.8 Å². The Morgan fingerprint density at radius 1 is 1.26 bits per heavy atom. The standard InChI is InChI=1S/C20H23N3O3S/c1-27-17-9-6-15(7-10-17)8-11-20(25)26-14-19(24)22-18-12-13-21-23(18)16-4-2-3-5-16/h6-13,16H,2-5,14H2,1H3,(H,22,24)/b11-8+. The Labute approximate surface area is 163 Å². The van der Waals surface area contributed by atoms with E-state index in [0.717, 1.165) is 23.3 Å². The zero-order chi connectivity index (χ0) is 19.1. The number of aromatic nitrogens is 2. The van der Waals surface area contributed by atoms with Crippen molar-refractivity contribution in [1.82, 2.24) is 9.78 Å². The Hall–Kier alpha value is -2.54. The number of amides is 1. The van der Waals surface area contributed by atoms with E-state index < -0.39 is 5.97 Å². The number of nitrogens with zero attached hydrogens (tertiary/aromatic N) is 2. The Bertz CT molecular complexity index is 808. The smallest absolute Gasteiger partial charge is 0.331 e. The summed E-state index contributed by atoms with van der Waals surface area (Å²) in [5.74, 6) is -0.281. The molecule has 0 spiro atoms. The summed E-state index contributed by atoms with van der Waals surface area (Å²) in [6.07, 6.45) is 11.2. The Kier molecular flexibility index (Phi) is 6.70. The molecule has 6 nitrogen and oxygen atoms in total. The number of benzene rings is 1. The SMILES string of the molecule is CSc1ccc(/C=C/C(=O)OCC(=O)Nc2ccnn2C2CCCC2)cc1. The van der Waals surface area contributed by atoms with Crippen molar-refractivity contribution >= 4 is 35.5 Å². The second kappa shape index (κ2) is 9.41. The van der Waals surface area contributed by atoms with Gasteiger partial charge in [0.05, 0.1) is 12.2 Å². The molecule has 3 rings (SSSR count).